The third kappa shape index (κ3) is 2.34. The summed E-state index contributed by atoms with van der Waals surface area (Å²) >= 11 is 3.42. The number of hydrogen-bond donors (Lipinski definition) is 2. The number of furan rings is 1. The predicted molar refractivity (Wildman–Crippen MR) is 78.4 cm³/mol. The number of hydrogen-bond acceptors (Lipinski definition) is 3. The maximum Gasteiger partial charge on any atom is 0.287 e. The van der Waals surface area contributed by atoms with E-state index >= 15 is 0 Å². The molecule has 0 spiro atoms. The molecule has 0 aliphatic carbocycles. The Morgan fingerprint density at radius 3 is 3.10 bits per heavy atom. The van der Waals surface area contributed by atoms with Crippen LogP contribution in [0.2, 0.25) is 0 Å². The van der Waals surface area contributed by atoms with Crippen LogP contribution in [0, 0.1) is 6.92 Å². The number of H-pyrrole nitrogens is 1. The van der Waals surface area contributed by atoms with Crippen LogP contribution in [0.25, 0.3) is 11.0 Å². The molecule has 0 aliphatic rings. The minimum atomic E-state index is -0.232. The molecule has 0 bridgehead atoms. The molecule has 0 saturated heterocycles. The lowest BCUT2D eigenvalue weighted by Gasteiger charge is -2.01. The van der Waals surface area contributed by atoms with E-state index in [1.807, 2.05) is 25.1 Å². The number of imidazole rings is 1. The van der Waals surface area contributed by atoms with Gasteiger partial charge in [0.15, 0.2) is 5.76 Å². The van der Waals surface area contributed by atoms with E-state index in [2.05, 4.69) is 31.2 Å². The lowest BCUT2D eigenvalue weighted by molar-refractivity contribution is 0.0924. The van der Waals surface area contributed by atoms with Crippen LogP contribution in [0.1, 0.15) is 21.8 Å². The van der Waals surface area contributed by atoms with E-state index in [4.69, 9.17) is 4.42 Å². The quantitative estimate of drug-likeness (QED) is 0.773. The van der Waals surface area contributed by atoms with Gasteiger partial charge in [0.05, 0.1) is 18.6 Å². The van der Waals surface area contributed by atoms with Gasteiger partial charge in [-0.25, -0.2) is 4.98 Å². The summed E-state index contributed by atoms with van der Waals surface area (Å²) in [4.78, 5) is 19.0. The van der Waals surface area contributed by atoms with Crippen molar-refractivity contribution >= 4 is 32.8 Å². The first kappa shape index (κ1) is 12.9. The molecular formula is C14H12BrN3O2. The molecule has 6 heteroatoms. The van der Waals surface area contributed by atoms with E-state index in [0.29, 0.717) is 17.9 Å². The maximum atomic E-state index is 12.2. The number of carbonyl (C=O) groups is 1. The molecule has 3 rings (SSSR count). The smallest absolute Gasteiger partial charge is 0.287 e. The Morgan fingerprint density at radius 1 is 1.50 bits per heavy atom. The van der Waals surface area contributed by atoms with Gasteiger partial charge in [0.2, 0.25) is 0 Å². The Hall–Kier alpha value is -2.08. The Balaban J connectivity index is 1.86. The second-order valence-electron chi connectivity index (χ2n) is 4.46. The van der Waals surface area contributed by atoms with Gasteiger partial charge in [-0.2, -0.15) is 0 Å². The van der Waals surface area contributed by atoms with Crippen LogP contribution in [-0.2, 0) is 6.54 Å². The highest BCUT2D eigenvalue weighted by atomic mass is 79.9. The van der Waals surface area contributed by atoms with Gasteiger partial charge in [-0.05, 0) is 25.1 Å². The van der Waals surface area contributed by atoms with Crippen molar-refractivity contribution in [2.24, 2.45) is 0 Å². The van der Waals surface area contributed by atoms with Crippen molar-refractivity contribution in [3.63, 3.8) is 0 Å². The van der Waals surface area contributed by atoms with Gasteiger partial charge in [-0.1, -0.05) is 15.9 Å². The second-order valence-corrected chi connectivity index (χ2v) is 5.37. The van der Waals surface area contributed by atoms with Crippen molar-refractivity contribution in [2.45, 2.75) is 13.5 Å². The Labute approximate surface area is 123 Å². The highest BCUT2D eigenvalue weighted by Gasteiger charge is 2.17. The lowest BCUT2D eigenvalue weighted by atomic mass is 10.1. The van der Waals surface area contributed by atoms with Gasteiger partial charge < -0.3 is 14.7 Å². The van der Waals surface area contributed by atoms with Crippen molar-refractivity contribution in [3.05, 3.63) is 52.2 Å². The number of aromatic nitrogens is 2. The molecule has 0 saturated carbocycles. The van der Waals surface area contributed by atoms with E-state index in [0.717, 1.165) is 21.1 Å². The summed E-state index contributed by atoms with van der Waals surface area (Å²) in [5, 5.41) is 3.74. The molecule has 1 aromatic carbocycles. The lowest BCUT2D eigenvalue weighted by Crippen LogP contribution is -2.23. The van der Waals surface area contributed by atoms with Gasteiger partial charge in [0.1, 0.15) is 5.58 Å². The zero-order valence-electron chi connectivity index (χ0n) is 10.7. The molecule has 0 fully saturated rings. The SMILES string of the molecule is Cc1c(C(=O)NCc2cnc[nH]2)oc2ccc(Br)cc12. The number of amides is 1. The fourth-order valence-corrected chi connectivity index (χ4v) is 2.41. The first-order valence-corrected chi connectivity index (χ1v) is 6.88. The number of carbonyl (C=O) groups excluding carboxylic acids is 1. The second kappa shape index (κ2) is 5.13. The van der Waals surface area contributed by atoms with Crippen LogP contribution in [0.5, 0.6) is 0 Å². The fourth-order valence-electron chi connectivity index (χ4n) is 2.05. The number of nitrogens with zero attached hydrogens (tertiary/aromatic N) is 1. The van der Waals surface area contributed by atoms with Crippen molar-refractivity contribution in [2.75, 3.05) is 0 Å². The molecule has 2 heterocycles. The molecule has 0 radical (unpaired) electrons. The summed E-state index contributed by atoms with van der Waals surface area (Å²) in [6.07, 6.45) is 3.24. The van der Waals surface area contributed by atoms with Gasteiger partial charge in [0, 0.05) is 21.6 Å². The molecule has 1 amide bonds. The van der Waals surface area contributed by atoms with E-state index in [1.54, 1.807) is 12.5 Å². The number of aromatic amines is 1. The molecular weight excluding hydrogens is 322 g/mol. The van der Waals surface area contributed by atoms with Crippen molar-refractivity contribution in [1.29, 1.82) is 0 Å². The number of fused-ring (bicyclic) bond motifs is 1. The van der Waals surface area contributed by atoms with Gasteiger partial charge >= 0.3 is 0 Å². The molecule has 3 aromatic rings. The molecule has 2 N–H and O–H groups in total. The van der Waals surface area contributed by atoms with Gasteiger partial charge in [-0.15, -0.1) is 0 Å². The Bertz CT molecular complexity index is 762. The highest BCUT2D eigenvalue weighted by molar-refractivity contribution is 9.10. The summed E-state index contributed by atoms with van der Waals surface area (Å²) in [6, 6.07) is 5.68. The largest absolute Gasteiger partial charge is 0.451 e. The van der Waals surface area contributed by atoms with E-state index < -0.39 is 0 Å². The summed E-state index contributed by atoms with van der Waals surface area (Å²) in [7, 11) is 0. The monoisotopic (exact) mass is 333 g/mol. The van der Waals surface area contributed by atoms with E-state index in [1.165, 1.54) is 0 Å². The standard InChI is InChI=1S/C14H12BrN3O2/c1-8-11-4-9(15)2-3-12(11)20-13(8)14(19)17-6-10-5-16-7-18-10/h2-5,7H,6H2,1H3,(H,16,18)(H,17,19). The van der Waals surface area contributed by atoms with Crippen LogP contribution in [0.15, 0.2) is 39.6 Å². The first-order valence-electron chi connectivity index (χ1n) is 6.09. The Morgan fingerprint density at radius 2 is 2.35 bits per heavy atom. The molecule has 0 unspecified atom stereocenters. The number of benzene rings is 1. The normalized spacial score (nSPS) is 10.9. The molecule has 20 heavy (non-hydrogen) atoms. The molecule has 5 nitrogen and oxygen atoms in total. The molecule has 0 aliphatic heterocycles. The number of halogens is 1. The third-order valence-electron chi connectivity index (χ3n) is 3.10. The highest BCUT2D eigenvalue weighted by Crippen LogP contribution is 2.27. The summed E-state index contributed by atoms with van der Waals surface area (Å²) in [6.45, 7) is 2.27. The predicted octanol–water partition coefficient (Wildman–Crippen LogP) is 3.16. The maximum absolute atomic E-state index is 12.2. The zero-order valence-corrected chi connectivity index (χ0v) is 12.3. The van der Waals surface area contributed by atoms with Gasteiger partial charge in [0.25, 0.3) is 5.91 Å². The Kier molecular flexibility index (Phi) is 3.31. The first-order chi connectivity index (χ1) is 9.65. The number of rotatable bonds is 3. The van der Waals surface area contributed by atoms with E-state index in [-0.39, 0.29) is 5.91 Å². The van der Waals surface area contributed by atoms with Gasteiger partial charge in [-0.3, -0.25) is 4.79 Å². The van der Waals surface area contributed by atoms with Crippen molar-refractivity contribution in [1.82, 2.24) is 15.3 Å². The molecule has 0 atom stereocenters. The minimum absolute atomic E-state index is 0.232. The summed E-state index contributed by atoms with van der Waals surface area (Å²) in [5.41, 5.74) is 2.38. The average Bonchev–Trinajstić information content (AvgIpc) is 3.05. The van der Waals surface area contributed by atoms with Crippen molar-refractivity contribution < 1.29 is 9.21 Å². The number of aryl methyl sites for hydroxylation is 1. The minimum Gasteiger partial charge on any atom is -0.451 e. The average molecular weight is 334 g/mol. The molecule has 102 valence electrons. The number of nitrogens with one attached hydrogen (secondary N) is 2. The fraction of sp³-hybridized carbons (Fsp3) is 0.143. The van der Waals surface area contributed by atoms with Crippen molar-refractivity contribution in [3.8, 4) is 0 Å². The van der Waals surface area contributed by atoms with Crippen LogP contribution >= 0.6 is 15.9 Å². The topological polar surface area (TPSA) is 70.9 Å². The summed E-state index contributed by atoms with van der Waals surface area (Å²) < 4.78 is 6.58. The van der Waals surface area contributed by atoms with Crippen LogP contribution in [-0.4, -0.2) is 15.9 Å². The van der Waals surface area contributed by atoms with Crippen LogP contribution < -0.4 is 5.32 Å². The summed E-state index contributed by atoms with van der Waals surface area (Å²) in [5.74, 6) is 0.113. The van der Waals surface area contributed by atoms with Crippen LogP contribution in [0.4, 0.5) is 0 Å². The molecule has 2 aromatic heterocycles. The van der Waals surface area contributed by atoms with Crippen LogP contribution in [0.3, 0.4) is 0 Å². The zero-order chi connectivity index (χ0) is 14.1. The third-order valence-corrected chi connectivity index (χ3v) is 3.59. The van der Waals surface area contributed by atoms with E-state index in [9.17, 15) is 4.79 Å².